The molecular weight excluding hydrogens is 1400 g/mol. The Morgan fingerprint density at radius 2 is 0.889 bits per heavy atom. The second kappa shape index (κ2) is 46.2. The number of amides is 4. The van der Waals surface area contributed by atoms with E-state index < -0.39 is 22.8 Å². The molecule has 0 bridgehead atoms. The summed E-state index contributed by atoms with van der Waals surface area (Å²) in [6.45, 7) is 11.1. The quantitative estimate of drug-likeness (QED) is 0.0145. The van der Waals surface area contributed by atoms with Crippen molar-refractivity contribution in [1.29, 1.82) is 5.41 Å². The number of carbonyl (C=O) groups excluding carboxylic acids is 7. The number of nitro benzene ring substituents is 2. The minimum atomic E-state index is -0.690. The summed E-state index contributed by atoms with van der Waals surface area (Å²) in [6.07, 6.45) is 18.8. The van der Waals surface area contributed by atoms with Crippen LogP contribution in [-0.4, -0.2) is 113 Å². The number of aromatic nitrogens is 6. The number of pyridine rings is 6. The number of nitrogens with zero attached hydrogens (tertiary/aromatic N) is 9. The van der Waals surface area contributed by atoms with Crippen LogP contribution in [0, 0.1) is 25.6 Å². The molecule has 0 radical (unpaired) electrons. The molecule has 4 aromatic heterocycles. The van der Waals surface area contributed by atoms with Crippen LogP contribution in [0.5, 0.6) is 0 Å². The van der Waals surface area contributed by atoms with E-state index in [2.05, 4.69) is 56.4 Å². The monoisotopic (exact) mass is 1490 g/mol. The van der Waals surface area contributed by atoms with Crippen molar-refractivity contribution in [2.24, 2.45) is 10.9 Å². The van der Waals surface area contributed by atoms with Crippen molar-refractivity contribution >= 4 is 136 Å². The average molecular weight is 1490 g/mol. The minimum Gasteiger partial charge on any atom is -0.429 e. The highest BCUT2D eigenvalue weighted by Crippen LogP contribution is 2.32. The van der Waals surface area contributed by atoms with Crippen molar-refractivity contribution in [1.82, 2.24) is 29.4 Å². The van der Waals surface area contributed by atoms with Crippen molar-refractivity contribution in [3.8, 4) is 22.3 Å². The van der Waals surface area contributed by atoms with E-state index in [1.54, 1.807) is 135 Å². The van der Waals surface area contributed by atoms with Crippen molar-refractivity contribution in [2.45, 2.75) is 70.2 Å². The Bertz CT molecular complexity index is 5020. The van der Waals surface area contributed by atoms with Gasteiger partial charge in [0.25, 0.3) is 11.4 Å². The molecule has 108 heavy (non-hydrogen) atoms. The van der Waals surface area contributed by atoms with Gasteiger partial charge in [0.05, 0.1) is 49.4 Å². The van der Waals surface area contributed by atoms with Crippen LogP contribution in [-0.2, 0) is 43.2 Å². The Labute approximate surface area is 616 Å². The highest BCUT2D eigenvalue weighted by atomic mass is 17.1. The summed E-state index contributed by atoms with van der Waals surface area (Å²) in [6, 6.07) is 31.8. The summed E-state index contributed by atoms with van der Waals surface area (Å²) in [7, 11) is 0. The van der Waals surface area contributed by atoms with E-state index in [-0.39, 0.29) is 61.4 Å². The van der Waals surface area contributed by atoms with E-state index in [9.17, 15) is 59.0 Å². The second-order valence-corrected chi connectivity index (χ2v) is 21.0. The first-order valence-corrected chi connectivity index (χ1v) is 30.5. The molecule has 36 heteroatoms. The number of aliphatic hydroxyl groups is 1. The molecule has 12 rings (SSSR count). The Balaban J connectivity index is 0.000000622. The van der Waals surface area contributed by atoms with Crippen LogP contribution in [0.2, 0.25) is 0 Å². The molecule has 6 heterocycles. The maximum atomic E-state index is 11.1. The fourth-order valence-corrected chi connectivity index (χ4v) is 8.98. The van der Waals surface area contributed by atoms with Crippen LogP contribution < -0.4 is 55.5 Å². The maximum Gasteiger partial charge on any atom is 0.339 e. The molecule has 8 aromatic rings. The highest BCUT2D eigenvalue weighted by Gasteiger charge is 2.15. The number of nitrogen functional groups attached to an aromatic ring is 4. The highest BCUT2D eigenvalue weighted by molar-refractivity contribution is 6.09. The van der Waals surface area contributed by atoms with Crippen molar-refractivity contribution in [2.75, 3.05) is 45.5 Å². The standard InChI is InChI=1S/C13H13N3O3.C13H13N3O2.C9H7N3O2.C9H9N3O.C9H9N3.C9H6N2O2.C4H6O3.C2H4O3.C2H6O.2CH4.H3NO/c1-8(17)14-12-3-4-13(15-9(2)18)11-7-16(19)6-5-10(11)12;1-8(17)15-12-3-4-13(16-9(2)18)11-7-14-6-5-10(11)12;10-8-1-2-9(12(13)14)6-3-4-11-5-7(6)8;10-8-1-2-9(11)7-5-12(13)4-3-6(7)8;10-8-1-2-9(11)7-5-12-4-3-6(7)8;12-11(13)9-3-1-2-7-6-10-5-4-8(7)9;1-3(5)7-4(2)6;1-2(3)5-4;1-2-3;;;1-2/h3-7,19H,1-2H3,(H,14,17);3-7H,1-2H3,(H,15,17)(H,16,18);1-5H,10H2;1-5,11,13H,10H2;1-5H,10-11H2;1-6H;1-2H3;4H,1H3;3H,2H2,1H3;2*1H4;2H,1H2. The molecular formula is C72H84N18O18. The smallest absolute Gasteiger partial charge is 0.339 e. The van der Waals surface area contributed by atoms with Gasteiger partial charge in [-0.3, -0.25) is 68.9 Å². The van der Waals surface area contributed by atoms with Crippen LogP contribution in [0.4, 0.5) is 51.2 Å². The normalized spacial score (nSPS) is 9.72. The number of aliphatic hydroxyl groups excluding tert-OH is 1. The maximum absolute atomic E-state index is 11.1. The van der Waals surface area contributed by atoms with Crippen LogP contribution in [0.25, 0.3) is 65.3 Å². The Morgan fingerprint density at radius 3 is 1.36 bits per heavy atom. The lowest BCUT2D eigenvalue weighted by Crippen LogP contribution is -2.15. The van der Waals surface area contributed by atoms with Crippen molar-refractivity contribution in [3.63, 3.8) is 0 Å². The minimum absolute atomic E-state index is 0. The molecule has 0 saturated carbocycles. The number of nitrogens with one attached hydrogen (secondary N) is 4. The Hall–Kier alpha value is -14.5. The van der Waals surface area contributed by atoms with Crippen LogP contribution in [0.15, 0.2) is 195 Å². The third-order valence-corrected chi connectivity index (χ3v) is 13.1. The van der Waals surface area contributed by atoms with Gasteiger partial charge in [-0.25, -0.2) is 25.1 Å². The number of anilines is 7. The second-order valence-electron chi connectivity index (χ2n) is 21.0. The predicted molar refractivity (Wildman–Crippen MR) is 408 cm³/mol. The van der Waals surface area contributed by atoms with E-state index in [0.717, 1.165) is 54.6 Å². The number of non-ortho nitro benzene ring substituents is 2. The third-order valence-electron chi connectivity index (χ3n) is 13.1. The van der Waals surface area contributed by atoms with Crippen molar-refractivity contribution < 1.29 is 79.0 Å². The lowest BCUT2D eigenvalue weighted by Gasteiger charge is -2.13. The first-order chi connectivity index (χ1) is 50.3. The van der Waals surface area contributed by atoms with Gasteiger partial charge in [0.2, 0.25) is 23.6 Å². The number of rotatable bonds is 5. The first-order valence-electron chi connectivity index (χ1n) is 30.5. The van der Waals surface area contributed by atoms with Gasteiger partial charge in [0.15, 0.2) is 0 Å². The van der Waals surface area contributed by atoms with Crippen molar-refractivity contribution in [3.05, 3.63) is 221 Å². The number of ether oxygens (including phenoxy) is 1. The topological polar surface area (TPSA) is 589 Å². The predicted octanol–water partition coefficient (Wildman–Crippen LogP) is 10.3. The zero-order valence-corrected chi connectivity index (χ0v) is 58.1. The number of nitrogens with two attached hydrogens (primary N) is 5. The molecule has 36 nitrogen and oxygen atoms in total. The van der Waals surface area contributed by atoms with Gasteiger partial charge >= 0.3 is 17.9 Å². The fraction of sp³-hybridized carbons (Fsp3) is 0.153. The summed E-state index contributed by atoms with van der Waals surface area (Å²) in [5.74, 6) is 0.873. The fourth-order valence-electron chi connectivity index (χ4n) is 8.98. The number of esters is 2. The van der Waals surface area contributed by atoms with Gasteiger partial charge in [0, 0.05) is 218 Å². The molecule has 0 atom stereocenters. The number of hydrogen-bond donors (Lipinski definition) is 14. The number of nitro groups is 2. The lowest BCUT2D eigenvalue weighted by atomic mass is 10.0. The number of hydrogen-bond acceptors (Lipinski definition) is 28. The number of fused-ring (bicyclic) bond motifs is 6. The molecule has 570 valence electrons. The largest absolute Gasteiger partial charge is 0.429 e. The molecule has 4 aromatic carbocycles. The van der Waals surface area contributed by atoms with Gasteiger partial charge in [0.1, 0.15) is 0 Å². The SMILES string of the molecule is C.C.CC(=O)N=c1ccc(NC(C)=O)c2ccn(O)cc1-2.CC(=O)Nc1ccc(NC(C)=O)c2cnccc12.CC(=O)OC(C)=O.CC(=O)OO.CCO.N=c1ccc(N)c2ccn(O)cc1-2.NO.Nc1ccc(N)c2cnccc12.Nc1ccc([N+](=O)[O-])c2ccncc12.O=[N+]([O-])c1cccc2cnccc12. The molecule has 2 aliphatic heterocycles. The van der Waals surface area contributed by atoms with Crippen LogP contribution in [0.3, 0.4) is 0 Å². The van der Waals surface area contributed by atoms with Gasteiger partial charge in [-0.15, -0.1) is 0 Å². The molecule has 19 N–H and O–H groups in total. The third kappa shape index (κ3) is 29.1. The summed E-state index contributed by atoms with van der Waals surface area (Å²) >= 11 is 0. The first kappa shape index (κ1) is 91.5. The Morgan fingerprint density at radius 1 is 0.491 bits per heavy atom. The number of benzene rings is 6. The zero-order valence-electron chi connectivity index (χ0n) is 58.1. The van der Waals surface area contributed by atoms with Gasteiger partial charge in [-0.05, 0) is 97.9 Å². The lowest BCUT2D eigenvalue weighted by molar-refractivity contribution is -0.383. The zero-order chi connectivity index (χ0) is 79.3. The van der Waals surface area contributed by atoms with E-state index in [4.69, 9.17) is 49.1 Å². The van der Waals surface area contributed by atoms with E-state index in [0.29, 0.717) is 77.7 Å². The molecule has 4 aliphatic rings. The van der Waals surface area contributed by atoms with E-state index >= 15 is 0 Å². The van der Waals surface area contributed by atoms with Crippen LogP contribution in [0.1, 0.15) is 70.2 Å². The molecule has 2 aliphatic carbocycles. The van der Waals surface area contributed by atoms with Gasteiger partial charge < -0.3 is 74.6 Å². The molecule has 0 saturated heterocycles. The van der Waals surface area contributed by atoms with Gasteiger partial charge in [-0.2, -0.15) is 5.26 Å². The molecule has 0 unspecified atom stereocenters. The van der Waals surface area contributed by atoms with Gasteiger partial charge in [-0.1, -0.05) is 27.0 Å². The Kier molecular flexibility index (Phi) is 39.1. The molecule has 0 fully saturated rings. The summed E-state index contributed by atoms with van der Waals surface area (Å²) in [5, 5.41) is 83.8. The van der Waals surface area contributed by atoms with Crippen LogP contribution >= 0.6 is 0 Å². The molecule has 0 spiro atoms. The summed E-state index contributed by atoms with van der Waals surface area (Å²) in [4.78, 5) is 117. The number of carbonyl (C=O) groups is 7. The van der Waals surface area contributed by atoms with E-state index in [1.807, 2.05) is 6.07 Å². The van der Waals surface area contributed by atoms with E-state index in [1.165, 1.54) is 96.9 Å². The summed E-state index contributed by atoms with van der Waals surface area (Å²) in [5.41, 5.74) is 30.3. The molecule has 4 amide bonds. The average Bonchev–Trinajstić information content (AvgIpc) is 0.797. The summed E-state index contributed by atoms with van der Waals surface area (Å²) < 4.78 is 5.76.